The van der Waals surface area contributed by atoms with Crippen molar-refractivity contribution < 1.29 is 51.6 Å². The maximum absolute atomic E-state index is 12.5. The highest BCUT2D eigenvalue weighted by Crippen LogP contribution is 2.63. The van der Waals surface area contributed by atoms with E-state index in [1.165, 1.54) is 0 Å². The fourth-order valence-electron chi connectivity index (χ4n) is 1.29. The molecule has 0 aromatic carbocycles. The smallest absolute Gasteiger partial charge is 0.226 e. The number of halogens is 9. The summed E-state index contributed by atoms with van der Waals surface area (Å²) in [4.78, 5) is 0. The van der Waals surface area contributed by atoms with Gasteiger partial charge in [0.1, 0.15) is 0 Å². The minimum Gasteiger partial charge on any atom is -0.226 e. The molecule has 0 aliphatic heterocycles. The molecular formula is C6H7Cl3F6O6S4. The molecular weight excluding hydrogens is 517 g/mol. The van der Waals surface area contributed by atoms with Gasteiger partial charge in [-0.05, 0) is 46.1 Å². The van der Waals surface area contributed by atoms with E-state index in [2.05, 4.69) is 0 Å². The molecule has 0 rings (SSSR count). The van der Waals surface area contributed by atoms with Gasteiger partial charge in [0.05, 0.1) is 5.75 Å². The molecule has 0 saturated heterocycles. The second kappa shape index (κ2) is 7.58. The van der Waals surface area contributed by atoms with Crippen LogP contribution >= 0.6 is 39.7 Å². The van der Waals surface area contributed by atoms with Crippen LogP contribution in [0.3, 0.4) is 0 Å². The molecule has 25 heavy (non-hydrogen) atoms. The lowest BCUT2D eigenvalue weighted by atomic mass is 10.6. The predicted molar refractivity (Wildman–Crippen MR) is 82.2 cm³/mol. The Bertz CT molecular complexity index is 749. The van der Waals surface area contributed by atoms with E-state index in [-0.39, 0.29) is 0 Å². The minimum atomic E-state index is -7.29. The van der Waals surface area contributed by atoms with E-state index in [0.717, 1.165) is 0 Å². The minimum absolute atomic E-state index is 0.637. The van der Waals surface area contributed by atoms with Crippen LogP contribution in [0.2, 0.25) is 0 Å². The van der Waals surface area contributed by atoms with Crippen LogP contribution < -0.4 is 0 Å². The first-order valence-corrected chi connectivity index (χ1v) is 14.4. The molecule has 0 spiro atoms. The Morgan fingerprint density at radius 1 is 0.680 bits per heavy atom. The highest BCUT2D eigenvalue weighted by atomic mass is 36.2. The molecule has 0 heterocycles. The van der Waals surface area contributed by atoms with E-state index in [0.29, 0.717) is 0 Å². The Balaban J connectivity index is 6.30. The van der Waals surface area contributed by atoms with E-state index in [1.807, 2.05) is 0 Å². The van der Waals surface area contributed by atoms with Crippen molar-refractivity contribution in [2.75, 3.05) is 11.5 Å². The van der Waals surface area contributed by atoms with Gasteiger partial charge >= 0.3 is 11.0 Å². The topological polar surface area (TPSA) is 102 Å². The summed E-state index contributed by atoms with van der Waals surface area (Å²) in [5.41, 5.74) is -13.2. The Kier molecular flexibility index (Phi) is 7.78. The van der Waals surface area contributed by atoms with Crippen molar-refractivity contribution in [3.05, 3.63) is 0 Å². The van der Waals surface area contributed by atoms with Crippen molar-refractivity contribution in [1.82, 2.24) is 0 Å². The summed E-state index contributed by atoms with van der Waals surface area (Å²) in [7, 11) is -7.71. The van der Waals surface area contributed by atoms with E-state index in [9.17, 15) is 51.6 Å². The molecule has 0 unspecified atom stereocenters. The molecule has 154 valence electrons. The quantitative estimate of drug-likeness (QED) is 0.475. The molecule has 6 nitrogen and oxygen atoms in total. The van der Waals surface area contributed by atoms with Crippen molar-refractivity contribution in [3.8, 4) is 0 Å². The molecule has 0 N–H and O–H groups in total. The zero-order chi connectivity index (χ0) is 20.7. The van der Waals surface area contributed by atoms with Gasteiger partial charge in [-0.15, -0.1) is 0 Å². The molecule has 0 bridgehead atoms. The number of rotatable bonds is 7. The van der Waals surface area contributed by atoms with Crippen molar-refractivity contribution >= 4 is 69.2 Å². The largest absolute Gasteiger partial charge is 0.499 e. The summed E-state index contributed by atoms with van der Waals surface area (Å²) in [6, 6.07) is 0. The second-order valence-corrected chi connectivity index (χ2v) is 18.9. The lowest BCUT2D eigenvalue weighted by Gasteiger charge is -2.21. The standard InChI is InChI=1S/C6H7Cl3F6O6S4/c7-23(8,9)3-1-2-22(16,17)4(24(18,19)5(10,11)12)25(20,21)6(13,14)15/h4H,1-3H2. The fraction of sp³-hybridized carbons (Fsp3) is 1.00. The van der Waals surface area contributed by atoms with E-state index < -0.39 is 70.0 Å². The van der Waals surface area contributed by atoms with Crippen LogP contribution in [0.4, 0.5) is 26.3 Å². The lowest BCUT2D eigenvalue weighted by molar-refractivity contribution is -0.0462. The molecule has 0 aromatic rings. The van der Waals surface area contributed by atoms with Gasteiger partial charge in [0.2, 0.25) is 0 Å². The van der Waals surface area contributed by atoms with Crippen molar-refractivity contribution in [2.45, 2.75) is 21.4 Å². The Labute approximate surface area is 153 Å². The number of alkyl halides is 6. The molecule has 0 aromatic heterocycles. The Morgan fingerprint density at radius 2 is 1.00 bits per heavy atom. The SMILES string of the molecule is O=S(=O)(CCCS(Cl)(Cl)Cl)C(S(=O)(=O)C(F)(F)F)S(=O)(=O)C(F)(F)F. The first-order valence-electron chi connectivity index (χ1n) is 5.29. The van der Waals surface area contributed by atoms with Crippen LogP contribution in [0, 0.1) is 0 Å². The van der Waals surface area contributed by atoms with E-state index in [4.69, 9.17) is 32.0 Å². The van der Waals surface area contributed by atoms with Gasteiger partial charge in [-0.3, -0.25) is 0 Å². The van der Waals surface area contributed by atoms with E-state index >= 15 is 0 Å². The second-order valence-electron chi connectivity index (χ2n) is 4.20. The molecule has 0 aliphatic carbocycles. The van der Waals surface area contributed by atoms with Crippen LogP contribution in [0.5, 0.6) is 0 Å². The summed E-state index contributed by atoms with van der Waals surface area (Å²) in [5.74, 6) is -2.34. The summed E-state index contributed by atoms with van der Waals surface area (Å²) in [6.45, 7) is 0. The van der Waals surface area contributed by atoms with Gasteiger partial charge < -0.3 is 0 Å². The average Bonchev–Trinajstić information content (AvgIpc) is 2.21. The first-order chi connectivity index (χ1) is 10.6. The summed E-state index contributed by atoms with van der Waals surface area (Å²) in [6.07, 6.45) is -0.884. The first kappa shape index (κ1) is 25.6. The van der Waals surface area contributed by atoms with Gasteiger partial charge in [0.25, 0.3) is 23.6 Å². The van der Waals surface area contributed by atoms with Crippen LogP contribution in [0.1, 0.15) is 6.42 Å². The monoisotopic (exact) mass is 522 g/mol. The molecule has 0 amide bonds. The number of hydrogen-bond donors (Lipinski definition) is 0. The Morgan fingerprint density at radius 3 is 1.24 bits per heavy atom. The van der Waals surface area contributed by atoms with E-state index in [1.54, 1.807) is 0 Å². The average molecular weight is 524 g/mol. The van der Waals surface area contributed by atoms with Crippen LogP contribution in [-0.2, 0) is 29.5 Å². The van der Waals surface area contributed by atoms with Crippen molar-refractivity contribution in [2.24, 2.45) is 0 Å². The predicted octanol–water partition coefficient (Wildman–Crippen LogP) is 3.21. The van der Waals surface area contributed by atoms with Crippen LogP contribution in [0.25, 0.3) is 0 Å². The van der Waals surface area contributed by atoms with Gasteiger partial charge in [0, 0.05) is 5.75 Å². The van der Waals surface area contributed by atoms with Crippen molar-refractivity contribution in [1.29, 1.82) is 0 Å². The Hall–Kier alpha value is 0.650. The highest BCUT2D eigenvalue weighted by molar-refractivity contribution is 8.79. The lowest BCUT2D eigenvalue weighted by Crippen LogP contribution is -2.49. The maximum atomic E-state index is 12.5. The van der Waals surface area contributed by atoms with Crippen LogP contribution in [-0.4, -0.2) is 51.7 Å². The van der Waals surface area contributed by atoms with Gasteiger partial charge in [-0.25, -0.2) is 25.3 Å². The summed E-state index contributed by atoms with van der Waals surface area (Å²) in [5, 5.41) is 0. The van der Waals surface area contributed by atoms with Gasteiger partial charge in [-0.1, -0.05) is 0 Å². The highest BCUT2D eigenvalue weighted by Gasteiger charge is 2.67. The zero-order valence-electron chi connectivity index (χ0n) is 11.2. The number of sulfone groups is 3. The third kappa shape index (κ3) is 6.34. The van der Waals surface area contributed by atoms with Gasteiger partial charge in [-0.2, -0.15) is 26.3 Å². The van der Waals surface area contributed by atoms with Crippen LogP contribution in [0.15, 0.2) is 0 Å². The molecule has 0 aliphatic rings. The molecule has 0 radical (unpaired) electrons. The normalized spacial score (nSPS) is 16.2. The molecule has 0 atom stereocenters. The van der Waals surface area contributed by atoms with Crippen molar-refractivity contribution in [3.63, 3.8) is 0 Å². The summed E-state index contributed by atoms with van der Waals surface area (Å²) >= 11 is 0. The molecule has 19 heteroatoms. The zero-order valence-corrected chi connectivity index (χ0v) is 16.7. The molecule has 0 fully saturated rings. The summed E-state index contributed by atoms with van der Waals surface area (Å²) < 4.78 is 138. The fourth-order valence-corrected chi connectivity index (χ4v) is 10.4. The number of hydrogen-bond acceptors (Lipinski definition) is 6. The maximum Gasteiger partial charge on any atom is 0.499 e. The third-order valence-corrected chi connectivity index (χ3v) is 12.9. The third-order valence-electron chi connectivity index (χ3n) is 2.25. The van der Waals surface area contributed by atoms with Gasteiger partial charge in [0.15, 0.2) is 9.84 Å². The molecule has 0 saturated carbocycles.